The van der Waals surface area contributed by atoms with Crippen LogP contribution in [0.15, 0.2) is 30.7 Å². The Balaban J connectivity index is 1.80. The van der Waals surface area contributed by atoms with Crippen molar-refractivity contribution in [1.29, 1.82) is 0 Å². The highest BCUT2D eigenvalue weighted by Crippen LogP contribution is 2.14. The Bertz CT molecular complexity index is 994. The molecule has 0 atom stereocenters. The molecule has 11 nitrogen and oxygen atoms in total. The molecule has 0 saturated heterocycles. The highest BCUT2D eigenvalue weighted by Gasteiger charge is 2.17. The summed E-state index contributed by atoms with van der Waals surface area (Å²) in [4.78, 5) is 49.1. The molecular weight excluding hydrogens is 462 g/mol. The number of rotatable bonds is 14. The number of nitrogens with one attached hydrogen (secondary N) is 4. The van der Waals surface area contributed by atoms with Gasteiger partial charge < -0.3 is 26.0 Å². The van der Waals surface area contributed by atoms with Gasteiger partial charge >= 0.3 is 6.09 Å². The first kappa shape index (κ1) is 28.5. The van der Waals surface area contributed by atoms with Gasteiger partial charge in [0.15, 0.2) is 5.78 Å². The van der Waals surface area contributed by atoms with E-state index in [9.17, 15) is 14.4 Å². The number of aromatic nitrogens is 3. The van der Waals surface area contributed by atoms with Crippen LogP contribution in [-0.2, 0) is 16.0 Å². The van der Waals surface area contributed by atoms with Crippen LogP contribution in [0.25, 0.3) is 0 Å². The number of amides is 2. The molecule has 0 fully saturated rings. The monoisotopic (exact) mass is 499 g/mol. The van der Waals surface area contributed by atoms with Gasteiger partial charge in [-0.3, -0.25) is 14.6 Å². The summed E-state index contributed by atoms with van der Waals surface area (Å²) < 4.78 is 5.10. The predicted molar refractivity (Wildman–Crippen MR) is 138 cm³/mol. The second-order valence-electron chi connectivity index (χ2n) is 9.17. The topological polar surface area (TPSA) is 147 Å². The number of ketones is 1. The molecule has 0 aliphatic carbocycles. The molecule has 2 rings (SSSR count). The first-order chi connectivity index (χ1) is 17.2. The lowest BCUT2D eigenvalue weighted by Gasteiger charge is -2.19. The van der Waals surface area contributed by atoms with Crippen molar-refractivity contribution in [2.75, 3.05) is 36.8 Å². The van der Waals surface area contributed by atoms with Gasteiger partial charge in [-0.05, 0) is 57.7 Å². The zero-order valence-corrected chi connectivity index (χ0v) is 21.5. The van der Waals surface area contributed by atoms with Gasteiger partial charge in [0, 0.05) is 44.6 Å². The van der Waals surface area contributed by atoms with Gasteiger partial charge in [0.25, 0.3) is 5.91 Å². The van der Waals surface area contributed by atoms with E-state index in [1.54, 1.807) is 33.2 Å². The van der Waals surface area contributed by atoms with Crippen LogP contribution in [-0.4, -0.2) is 64.5 Å². The number of pyridine rings is 1. The van der Waals surface area contributed by atoms with Crippen LogP contribution >= 0.6 is 0 Å². The summed E-state index contributed by atoms with van der Waals surface area (Å²) in [5.41, 5.74) is 0.860. The molecular formula is C25H37N7O4. The average Bonchev–Trinajstić information content (AvgIpc) is 2.83. The summed E-state index contributed by atoms with van der Waals surface area (Å²) >= 11 is 0. The number of alkyl carbamates (subject to hydrolysis) is 1. The number of ether oxygens (including phenoxy) is 1. The van der Waals surface area contributed by atoms with Gasteiger partial charge in [-0.15, -0.1) is 0 Å². The summed E-state index contributed by atoms with van der Waals surface area (Å²) in [6.45, 7) is 8.76. The SMILES string of the molecule is CCCNc1nc(NCCc2ccncc2)ncc1C(=O)NCCCC(=O)CNC(=O)OC(C)(C)C. The van der Waals surface area contributed by atoms with Crippen molar-refractivity contribution in [3.05, 3.63) is 41.9 Å². The maximum absolute atomic E-state index is 12.7. The Labute approximate surface area is 212 Å². The molecule has 11 heteroatoms. The third-order valence-electron chi connectivity index (χ3n) is 4.77. The van der Waals surface area contributed by atoms with Gasteiger partial charge in [0.1, 0.15) is 17.0 Å². The highest BCUT2D eigenvalue weighted by molar-refractivity contribution is 5.98. The summed E-state index contributed by atoms with van der Waals surface area (Å²) in [5, 5.41) is 11.6. The second kappa shape index (κ2) is 14.6. The molecule has 0 bridgehead atoms. The van der Waals surface area contributed by atoms with Crippen LogP contribution in [0.5, 0.6) is 0 Å². The highest BCUT2D eigenvalue weighted by atomic mass is 16.6. The van der Waals surface area contributed by atoms with Crippen LogP contribution in [0.4, 0.5) is 16.6 Å². The minimum atomic E-state index is -0.633. The Morgan fingerprint density at radius 3 is 2.44 bits per heavy atom. The molecule has 36 heavy (non-hydrogen) atoms. The van der Waals surface area contributed by atoms with Crippen molar-refractivity contribution >= 4 is 29.5 Å². The van der Waals surface area contributed by atoms with Crippen molar-refractivity contribution < 1.29 is 19.1 Å². The number of Topliss-reactive ketones (excluding diaryl/α,β-unsaturated/α-hetero) is 1. The zero-order valence-electron chi connectivity index (χ0n) is 21.5. The van der Waals surface area contributed by atoms with E-state index < -0.39 is 11.7 Å². The molecule has 0 spiro atoms. The molecule has 2 heterocycles. The van der Waals surface area contributed by atoms with Crippen molar-refractivity contribution in [2.45, 2.75) is 59.0 Å². The van der Waals surface area contributed by atoms with Crippen LogP contribution in [0.1, 0.15) is 62.9 Å². The van der Waals surface area contributed by atoms with E-state index in [4.69, 9.17) is 4.74 Å². The van der Waals surface area contributed by atoms with Crippen molar-refractivity contribution in [2.24, 2.45) is 0 Å². The molecule has 2 amide bonds. The van der Waals surface area contributed by atoms with Crippen LogP contribution in [0.2, 0.25) is 0 Å². The number of hydrogen-bond donors (Lipinski definition) is 4. The van der Waals surface area contributed by atoms with Gasteiger partial charge in [-0.25, -0.2) is 9.78 Å². The lowest BCUT2D eigenvalue weighted by Crippen LogP contribution is -2.35. The van der Waals surface area contributed by atoms with E-state index in [1.165, 1.54) is 6.20 Å². The van der Waals surface area contributed by atoms with Crippen LogP contribution in [0.3, 0.4) is 0 Å². The van der Waals surface area contributed by atoms with Crippen molar-refractivity contribution in [3.63, 3.8) is 0 Å². The van der Waals surface area contributed by atoms with Crippen LogP contribution in [0, 0.1) is 0 Å². The lowest BCUT2D eigenvalue weighted by molar-refractivity contribution is -0.118. The number of carbonyl (C=O) groups excluding carboxylic acids is 3. The first-order valence-electron chi connectivity index (χ1n) is 12.2. The summed E-state index contributed by atoms with van der Waals surface area (Å²) in [5.74, 6) is 0.415. The second-order valence-corrected chi connectivity index (χ2v) is 9.17. The third kappa shape index (κ3) is 11.1. The number of nitrogens with zero attached hydrogens (tertiary/aromatic N) is 3. The number of anilines is 2. The van der Waals surface area contributed by atoms with E-state index in [1.807, 2.05) is 19.1 Å². The van der Waals surface area contributed by atoms with E-state index >= 15 is 0 Å². The molecule has 0 aliphatic heterocycles. The Hall–Kier alpha value is -3.76. The molecule has 0 aliphatic rings. The average molecular weight is 500 g/mol. The number of hydrogen-bond acceptors (Lipinski definition) is 9. The van der Waals surface area contributed by atoms with Crippen LogP contribution < -0.4 is 21.3 Å². The fourth-order valence-corrected chi connectivity index (χ4v) is 3.04. The summed E-state index contributed by atoms with van der Waals surface area (Å²) in [6.07, 6.45) is 6.68. The quantitative estimate of drug-likeness (QED) is 0.288. The Kier molecular flexibility index (Phi) is 11.5. The molecule has 0 saturated carbocycles. The summed E-state index contributed by atoms with van der Waals surface area (Å²) in [7, 11) is 0. The van der Waals surface area contributed by atoms with E-state index in [0.717, 1.165) is 18.4 Å². The largest absolute Gasteiger partial charge is 0.444 e. The molecule has 0 aromatic carbocycles. The van der Waals surface area contributed by atoms with Crippen molar-refractivity contribution in [1.82, 2.24) is 25.6 Å². The predicted octanol–water partition coefficient (Wildman–Crippen LogP) is 2.95. The molecule has 0 unspecified atom stereocenters. The fraction of sp³-hybridized carbons (Fsp3) is 0.520. The first-order valence-corrected chi connectivity index (χ1v) is 12.2. The Morgan fingerprint density at radius 1 is 1.00 bits per heavy atom. The van der Waals surface area contributed by atoms with E-state index in [-0.39, 0.29) is 24.7 Å². The Morgan fingerprint density at radius 2 is 1.75 bits per heavy atom. The smallest absolute Gasteiger partial charge is 0.408 e. The van der Waals surface area contributed by atoms with E-state index in [0.29, 0.717) is 43.4 Å². The molecule has 2 aromatic rings. The maximum Gasteiger partial charge on any atom is 0.408 e. The van der Waals surface area contributed by atoms with Gasteiger partial charge in [-0.1, -0.05) is 6.92 Å². The zero-order chi connectivity index (χ0) is 26.4. The van der Waals surface area contributed by atoms with Crippen molar-refractivity contribution in [3.8, 4) is 0 Å². The molecule has 2 aromatic heterocycles. The lowest BCUT2D eigenvalue weighted by atomic mass is 10.2. The maximum atomic E-state index is 12.7. The normalized spacial score (nSPS) is 10.9. The molecule has 4 N–H and O–H groups in total. The summed E-state index contributed by atoms with van der Waals surface area (Å²) in [6, 6.07) is 3.91. The van der Waals surface area contributed by atoms with Gasteiger partial charge in [0.05, 0.1) is 6.54 Å². The van der Waals surface area contributed by atoms with Gasteiger partial charge in [-0.2, -0.15) is 4.98 Å². The third-order valence-corrected chi connectivity index (χ3v) is 4.77. The standard InChI is InChI=1S/C25H37N7O4/c1-5-11-27-21-20(17-30-23(32-21)29-15-10-18-8-13-26-14-9-18)22(34)28-12-6-7-19(33)16-31-24(35)36-25(2,3)4/h8-9,13-14,17H,5-7,10-12,15-16H2,1-4H3,(H,28,34)(H,31,35)(H2,27,29,30,32). The molecule has 196 valence electrons. The molecule has 0 radical (unpaired) electrons. The fourth-order valence-electron chi connectivity index (χ4n) is 3.04. The minimum absolute atomic E-state index is 0.114. The van der Waals surface area contributed by atoms with E-state index in [2.05, 4.69) is 36.2 Å². The number of carbonyl (C=O) groups is 3. The minimum Gasteiger partial charge on any atom is -0.444 e. The van der Waals surface area contributed by atoms with Gasteiger partial charge in [0.2, 0.25) is 5.95 Å².